The molecule has 2 rings (SSSR count). The molecule has 2 N–H and O–H groups in total. The Kier molecular flexibility index (Phi) is 8.66. The second-order valence-corrected chi connectivity index (χ2v) is 7.45. The van der Waals surface area contributed by atoms with Crippen molar-refractivity contribution < 1.29 is 14.8 Å². The average molecular weight is 362 g/mol. The third-order valence-electron chi connectivity index (χ3n) is 3.93. The summed E-state index contributed by atoms with van der Waals surface area (Å²) in [6, 6.07) is 14.4. The Hall–Kier alpha value is -1.69. The van der Waals surface area contributed by atoms with Crippen molar-refractivity contribution in [1.29, 1.82) is 0 Å². The Balaban J connectivity index is 1.89. The van der Waals surface area contributed by atoms with Gasteiger partial charge in [-0.15, -0.1) is 11.3 Å². The molecule has 0 fully saturated rings. The van der Waals surface area contributed by atoms with Crippen LogP contribution in [0.4, 0.5) is 0 Å². The molecule has 1 amide bonds. The molecule has 2 aromatic rings. The highest BCUT2D eigenvalue weighted by atomic mass is 32.1. The fraction of sp³-hybridized carbons (Fsp3) is 0.450. The summed E-state index contributed by atoms with van der Waals surface area (Å²) in [5.74, 6) is 0.186. The van der Waals surface area contributed by atoms with Gasteiger partial charge in [-0.05, 0) is 31.5 Å². The summed E-state index contributed by atoms with van der Waals surface area (Å²) in [5, 5.41) is 2.08. The molecule has 0 saturated carbocycles. The van der Waals surface area contributed by atoms with Gasteiger partial charge in [-0.1, -0.05) is 30.3 Å². The van der Waals surface area contributed by atoms with Crippen molar-refractivity contribution >= 4 is 17.2 Å². The molecule has 0 spiro atoms. The molecule has 1 heterocycles. The number of amides is 1. The largest absolute Gasteiger partial charge is 0.382 e. The first kappa shape index (κ1) is 19.6. The van der Waals surface area contributed by atoms with E-state index in [0.29, 0.717) is 19.6 Å². The van der Waals surface area contributed by atoms with Gasteiger partial charge in [0.1, 0.15) is 0 Å². The van der Waals surface area contributed by atoms with Gasteiger partial charge in [0, 0.05) is 29.3 Å². The molecule has 1 aromatic carbocycles. The minimum absolute atomic E-state index is 0.186. The number of aryl methyl sites for hydroxylation is 1. The number of benzene rings is 1. The standard InChI is InChI=1S/C20H28N2O2S/c1-3-24-13-7-12-21-14-20(23)22(15-18-8-5-4-6-9-18)16-19-11-10-17(2)25-19/h4-6,8-11,21H,3,7,12-16H2,1-2H3/p+1. The molecule has 136 valence electrons. The van der Waals surface area contributed by atoms with Crippen molar-refractivity contribution in [1.82, 2.24) is 4.90 Å². The number of nitrogens with zero attached hydrogens (tertiary/aromatic N) is 1. The maximum Gasteiger partial charge on any atom is 0.278 e. The Bertz CT molecular complexity index is 628. The molecule has 0 saturated heterocycles. The van der Waals surface area contributed by atoms with Gasteiger partial charge in [0.05, 0.1) is 19.7 Å². The van der Waals surface area contributed by atoms with E-state index in [1.54, 1.807) is 11.3 Å². The van der Waals surface area contributed by atoms with Crippen molar-refractivity contribution in [3.8, 4) is 0 Å². The van der Waals surface area contributed by atoms with E-state index < -0.39 is 0 Å². The fourth-order valence-corrected chi connectivity index (χ4v) is 3.53. The van der Waals surface area contributed by atoms with Crippen LogP contribution in [0.3, 0.4) is 0 Å². The summed E-state index contributed by atoms with van der Waals surface area (Å²) in [5.41, 5.74) is 1.17. The average Bonchev–Trinajstić information content (AvgIpc) is 3.03. The van der Waals surface area contributed by atoms with Gasteiger partial charge >= 0.3 is 0 Å². The molecule has 25 heavy (non-hydrogen) atoms. The van der Waals surface area contributed by atoms with E-state index in [0.717, 1.165) is 26.2 Å². The lowest BCUT2D eigenvalue weighted by atomic mass is 10.2. The quantitative estimate of drug-likeness (QED) is 0.625. The maximum atomic E-state index is 12.7. The number of quaternary nitrogens is 1. The van der Waals surface area contributed by atoms with Gasteiger partial charge in [0.2, 0.25) is 0 Å². The number of nitrogens with two attached hydrogens (primary N) is 1. The second-order valence-electron chi connectivity index (χ2n) is 6.08. The van der Waals surface area contributed by atoms with Crippen molar-refractivity contribution in [2.75, 3.05) is 26.3 Å². The van der Waals surface area contributed by atoms with Crippen LogP contribution >= 0.6 is 11.3 Å². The predicted molar refractivity (Wildman–Crippen MR) is 103 cm³/mol. The third kappa shape index (κ3) is 7.38. The number of carbonyl (C=O) groups excluding carboxylic acids is 1. The van der Waals surface area contributed by atoms with Crippen molar-refractivity contribution in [3.63, 3.8) is 0 Å². The SMILES string of the molecule is CCOCCC[NH2+]CC(=O)N(Cc1ccccc1)Cc1ccc(C)s1. The first-order chi connectivity index (χ1) is 12.2. The summed E-state index contributed by atoms with van der Waals surface area (Å²) in [7, 11) is 0. The van der Waals surface area contributed by atoms with E-state index in [1.807, 2.05) is 30.0 Å². The molecule has 0 unspecified atom stereocenters. The van der Waals surface area contributed by atoms with Crippen LogP contribution in [0.5, 0.6) is 0 Å². The Morgan fingerprint density at radius 2 is 1.96 bits per heavy atom. The highest BCUT2D eigenvalue weighted by Gasteiger charge is 2.16. The highest BCUT2D eigenvalue weighted by molar-refractivity contribution is 7.11. The highest BCUT2D eigenvalue weighted by Crippen LogP contribution is 2.18. The number of hydrogen-bond acceptors (Lipinski definition) is 3. The molecule has 0 radical (unpaired) electrons. The summed E-state index contributed by atoms with van der Waals surface area (Å²) in [4.78, 5) is 17.2. The van der Waals surface area contributed by atoms with E-state index in [2.05, 4.69) is 36.5 Å². The van der Waals surface area contributed by atoms with Gasteiger partial charge in [0.15, 0.2) is 6.54 Å². The normalized spacial score (nSPS) is 10.8. The van der Waals surface area contributed by atoms with Gasteiger partial charge < -0.3 is 15.0 Å². The molecule has 0 aliphatic carbocycles. The zero-order valence-electron chi connectivity index (χ0n) is 15.2. The van der Waals surface area contributed by atoms with Gasteiger partial charge in [-0.3, -0.25) is 4.79 Å². The molecule has 5 heteroatoms. The summed E-state index contributed by atoms with van der Waals surface area (Å²) >= 11 is 1.76. The number of thiophene rings is 1. The van der Waals surface area contributed by atoms with E-state index in [1.165, 1.54) is 15.3 Å². The third-order valence-corrected chi connectivity index (χ3v) is 4.92. The topological polar surface area (TPSA) is 46.1 Å². The van der Waals surface area contributed by atoms with Crippen LogP contribution < -0.4 is 5.32 Å². The minimum atomic E-state index is 0.186. The number of rotatable bonds is 11. The van der Waals surface area contributed by atoms with Crippen molar-refractivity contribution in [2.24, 2.45) is 0 Å². The predicted octanol–water partition coefficient (Wildman–Crippen LogP) is 2.58. The van der Waals surface area contributed by atoms with E-state index in [9.17, 15) is 4.79 Å². The van der Waals surface area contributed by atoms with Crippen LogP contribution in [-0.4, -0.2) is 37.1 Å². The zero-order valence-corrected chi connectivity index (χ0v) is 16.1. The van der Waals surface area contributed by atoms with E-state index in [-0.39, 0.29) is 5.91 Å². The number of hydrogen-bond donors (Lipinski definition) is 1. The summed E-state index contributed by atoms with van der Waals surface area (Å²) < 4.78 is 5.33. The van der Waals surface area contributed by atoms with Crippen LogP contribution in [0.25, 0.3) is 0 Å². The maximum absolute atomic E-state index is 12.7. The van der Waals surface area contributed by atoms with E-state index >= 15 is 0 Å². The lowest BCUT2D eigenvalue weighted by molar-refractivity contribution is -0.645. The molecule has 0 atom stereocenters. The molecule has 1 aromatic heterocycles. The second kappa shape index (κ2) is 11.0. The summed E-state index contributed by atoms with van der Waals surface area (Å²) in [6.45, 7) is 8.37. The zero-order chi connectivity index (χ0) is 17.9. The van der Waals surface area contributed by atoms with Crippen LogP contribution in [0, 0.1) is 6.92 Å². The Morgan fingerprint density at radius 3 is 2.64 bits per heavy atom. The van der Waals surface area contributed by atoms with Gasteiger partial charge in [0.25, 0.3) is 5.91 Å². The first-order valence-electron chi connectivity index (χ1n) is 8.95. The van der Waals surface area contributed by atoms with E-state index in [4.69, 9.17) is 4.74 Å². The molecular weight excluding hydrogens is 332 g/mol. The van der Waals surface area contributed by atoms with Crippen LogP contribution in [0.2, 0.25) is 0 Å². The minimum Gasteiger partial charge on any atom is -0.382 e. The fourth-order valence-electron chi connectivity index (χ4n) is 2.62. The molecule has 0 aliphatic heterocycles. The number of ether oxygens (including phenoxy) is 1. The molecular formula is C20H29N2O2S+. The van der Waals surface area contributed by atoms with Crippen LogP contribution in [0.15, 0.2) is 42.5 Å². The lowest BCUT2D eigenvalue weighted by Gasteiger charge is -2.21. The Morgan fingerprint density at radius 1 is 1.16 bits per heavy atom. The Labute approximate surface area is 154 Å². The molecule has 0 bridgehead atoms. The monoisotopic (exact) mass is 361 g/mol. The van der Waals surface area contributed by atoms with Gasteiger partial charge in [-0.25, -0.2) is 0 Å². The van der Waals surface area contributed by atoms with Crippen molar-refractivity contribution in [2.45, 2.75) is 33.4 Å². The first-order valence-corrected chi connectivity index (χ1v) is 9.77. The smallest absolute Gasteiger partial charge is 0.278 e. The van der Waals surface area contributed by atoms with Crippen molar-refractivity contribution in [3.05, 3.63) is 57.8 Å². The summed E-state index contributed by atoms with van der Waals surface area (Å²) in [6.07, 6.45) is 0.976. The number of carbonyl (C=O) groups is 1. The van der Waals surface area contributed by atoms with Crippen LogP contribution in [-0.2, 0) is 22.6 Å². The molecule has 4 nitrogen and oxygen atoms in total. The van der Waals surface area contributed by atoms with Gasteiger partial charge in [-0.2, -0.15) is 0 Å². The van der Waals surface area contributed by atoms with Crippen LogP contribution in [0.1, 0.15) is 28.7 Å². The lowest BCUT2D eigenvalue weighted by Crippen LogP contribution is -2.86. The molecule has 0 aliphatic rings.